The number of fused-ring (bicyclic) bond motifs is 2. The van der Waals surface area contributed by atoms with Gasteiger partial charge in [-0.25, -0.2) is 14.8 Å². The molecule has 1 amide bonds. The number of allylic oxidation sites excluding steroid dienone is 1. The molecule has 254 valence electrons. The van der Waals surface area contributed by atoms with Gasteiger partial charge in [-0.15, -0.1) is 0 Å². The monoisotopic (exact) mass is 681 g/mol. The van der Waals surface area contributed by atoms with Crippen LogP contribution in [0, 0.1) is 11.3 Å². The molecular formula is C37H31N9O5. The third-order valence-corrected chi connectivity index (χ3v) is 7.92. The summed E-state index contributed by atoms with van der Waals surface area (Å²) >= 11 is 0. The maximum Gasteiger partial charge on any atom is 0.407 e. The Morgan fingerprint density at radius 1 is 1.00 bits per heavy atom. The topological polar surface area (TPSA) is 194 Å². The summed E-state index contributed by atoms with van der Waals surface area (Å²) < 4.78 is 23.0. The average Bonchev–Trinajstić information content (AvgIpc) is 3.92. The minimum Gasteiger partial charge on any atom is -0.471 e. The van der Waals surface area contributed by atoms with Crippen molar-refractivity contribution in [3.63, 3.8) is 0 Å². The van der Waals surface area contributed by atoms with E-state index in [9.17, 15) is 10.1 Å². The highest BCUT2D eigenvalue weighted by Crippen LogP contribution is 2.28. The number of likely N-dealkylation sites (N-methyl/N-ethyl adjacent to an activating group) is 1. The Balaban J connectivity index is 0.850. The molecule has 4 heterocycles. The lowest BCUT2D eigenvalue weighted by molar-refractivity contribution is 0.148. The maximum atomic E-state index is 12.3. The number of nitrogen functional groups attached to an aromatic ring is 1. The molecule has 0 atom stereocenters. The first-order valence-corrected chi connectivity index (χ1v) is 15.9. The number of hydrogen-bond acceptors (Lipinski definition) is 12. The number of hydrogen-bond donors (Lipinski definition) is 3. The van der Waals surface area contributed by atoms with Gasteiger partial charge in [-0.3, -0.25) is 0 Å². The van der Waals surface area contributed by atoms with Gasteiger partial charge in [-0.1, -0.05) is 36.4 Å². The molecule has 3 aromatic carbocycles. The summed E-state index contributed by atoms with van der Waals surface area (Å²) in [6, 6.07) is 28.6. The van der Waals surface area contributed by atoms with Crippen LogP contribution in [0.3, 0.4) is 0 Å². The Morgan fingerprint density at radius 3 is 2.61 bits per heavy atom. The maximum absolute atomic E-state index is 12.3. The van der Waals surface area contributed by atoms with Gasteiger partial charge in [0.15, 0.2) is 11.2 Å². The molecule has 4 aromatic heterocycles. The fourth-order valence-corrected chi connectivity index (χ4v) is 5.20. The van der Waals surface area contributed by atoms with Crippen molar-refractivity contribution in [1.82, 2.24) is 30.2 Å². The van der Waals surface area contributed by atoms with Crippen LogP contribution in [0.25, 0.3) is 45.2 Å². The Kier molecular flexibility index (Phi) is 9.24. The van der Waals surface area contributed by atoms with E-state index >= 15 is 0 Å². The van der Waals surface area contributed by atoms with Gasteiger partial charge in [-0.2, -0.15) is 15.2 Å². The number of ether oxygens (including phenoxy) is 2. The summed E-state index contributed by atoms with van der Waals surface area (Å²) in [5.41, 5.74) is 11.9. The van der Waals surface area contributed by atoms with Crippen LogP contribution >= 0.6 is 0 Å². The largest absolute Gasteiger partial charge is 0.471 e. The van der Waals surface area contributed by atoms with Gasteiger partial charge in [-0.05, 0) is 59.7 Å². The number of imidazole rings is 1. The van der Waals surface area contributed by atoms with Crippen LogP contribution in [-0.2, 0) is 17.9 Å². The van der Waals surface area contributed by atoms with Crippen LogP contribution in [0.2, 0.25) is 0 Å². The quantitative estimate of drug-likeness (QED) is 0.121. The molecule has 0 aliphatic heterocycles. The predicted octanol–water partition coefficient (Wildman–Crippen LogP) is 6.34. The molecule has 0 fully saturated rings. The van der Waals surface area contributed by atoms with Gasteiger partial charge in [0.05, 0.1) is 12.9 Å². The Labute approximate surface area is 291 Å². The van der Waals surface area contributed by atoms with Crippen LogP contribution in [0.15, 0.2) is 100 Å². The summed E-state index contributed by atoms with van der Waals surface area (Å²) in [5.74, 6) is 1.80. The van der Waals surface area contributed by atoms with E-state index in [1.165, 1.54) is 6.33 Å². The number of benzene rings is 3. The van der Waals surface area contributed by atoms with Gasteiger partial charge in [0, 0.05) is 30.9 Å². The van der Waals surface area contributed by atoms with Gasteiger partial charge in [0.25, 0.3) is 0 Å². The van der Waals surface area contributed by atoms with E-state index < -0.39 is 6.09 Å². The first-order valence-electron chi connectivity index (χ1n) is 15.9. The number of H-pyrrole nitrogens is 1. The zero-order valence-electron chi connectivity index (χ0n) is 27.4. The third kappa shape index (κ3) is 7.63. The molecule has 14 heteroatoms. The third-order valence-electron chi connectivity index (χ3n) is 7.92. The smallest absolute Gasteiger partial charge is 0.407 e. The zero-order valence-corrected chi connectivity index (χ0v) is 27.4. The summed E-state index contributed by atoms with van der Waals surface area (Å²) in [4.78, 5) is 34.0. The minimum absolute atomic E-state index is 0.0836. The molecule has 7 rings (SSSR count). The molecule has 0 saturated heterocycles. The number of oxazole rings is 1. The van der Waals surface area contributed by atoms with Crippen LogP contribution in [0.4, 0.5) is 16.4 Å². The number of para-hydroxylation sites is 2. The average molecular weight is 682 g/mol. The number of carbonyl (C=O) groups excluding carboxylic acids is 1. The van der Waals surface area contributed by atoms with Crippen molar-refractivity contribution in [3.05, 3.63) is 114 Å². The lowest BCUT2D eigenvalue weighted by atomic mass is 10.1. The lowest BCUT2D eigenvalue weighted by Gasteiger charge is -2.19. The van der Waals surface area contributed by atoms with Crippen molar-refractivity contribution in [2.75, 3.05) is 30.8 Å². The van der Waals surface area contributed by atoms with Gasteiger partial charge in [0.1, 0.15) is 47.4 Å². The number of aromatic amines is 1. The van der Waals surface area contributed by atoms with E-state index in [0.717, 1.165) is 22.4 Å². The lowest BCUT2D eigenvalue weighted by Crippen LogP contribution is -2.28. The van der Waals surface area contributed by atoms with Crippen LogP contribution in [0.1, 0.15) is 22.8 Å². The molecule has 4 N–H and O–H groups in total. The number of nitrogens with two attached hydrogens (primary N) is 1. The predicted molar refractivity (Wildman–Crippen MR) is 190 cm³/mol. The van der Waals surface area contributed by atoms with Gasteiger partial charge in [0.2, 0.25) is 17.7 Å². The highest BCUT2D eigenvalue weighted by atomic mass is 16.5. The molecule has 51 heavy (non-hydrogen) atoms. The molecular weight excluding hydrogens is 650 g/mol. The van der Waals surface area contributed by atoms with E-state index in [4.69, 9.17) is 24.0 Å². The van der Waals surface area contributed by atoms with Gasteiger partial charge < -0.3 is 39.2 Å². The molecule has 0 bridgehead atoms. The van der Waals surface area contributed by atoms with Crippen molar-refractivity contribution < 1.29 is 23.1 Å². The van der Waals surface area contributed by atoms with Crippen LogP contribution in [0.5, 0.6) is 5.88 Å². The van der Waals surface area contributed by atoms with Crippen molar-refractivity contribution in [2.24, 2.45) is 0 Å². The van der Waals surface area contributed by atoms with Crippen LogP contribution in [-0.4, -0.2) is 51.2 Å². The number of alkyl carbamates (subject to hydrolysis) is 1. The number of rotatable bonds is 12. The normalized spacial score (nSPS) is 11.4. The molecule has 0 aliphatic rings. The summed E-state index contributed by atoms with van der Waals surface area (Å²) in [5, 5.41) is 12.5. The number of carbonyl (C=O) groups is 1. The second-order valence-electron chi connectivity index (χ2n) is 11.4. The molecule has 7 aromatic rings. The Hall–Kier alpha value is -7.14. The first-order chi connectivity index (χ1) is 24.9. The van der Waals surface area contributed by atoms with E-state index in [-0.39, 0.29) is 30.6 Å². The fraction of sp³-hybridized carbons (Fsp3) is 0.135. The molecule has 0 spiro atoms. The molecule has 0 aliphatic carbocycles. The SMILES string of the molecule is CN(CCOC(=O)NCc1ccc(COc2nc(N)nc3nc[nH]c23)cc1)c1ccc(-c2ccc(/C=C(\C#N)c3nc4ccccc4o3)o2)cc1. The van der Waals surface area contributed by atoms with E-state index in [0.29, 0.717) is 52.8 Å². The second kappa shape index (κ2) is 14.5. The number of nitriles is 1. The Morgan fingerprint density at radius 2 is 1.80 bits per heavy atom. The summed E-state index contributed by atoms with van der Waals surface area (Å²) in [6.45, 7) is 1.28. The van der Waals surface area contributed by atoms with Crippen molar-refractivity contribution in [2.45, 2.75) is 13.2 Å². The van der Waals surface area contributed by atoms with Crippen LogP contribution < -0.4 is 20.7 Å². The molecule has 0 saturated carbocycles. The van der Waals surface area contributed by atoms with Gasteiger partial charge >= 0.3 is 6.09 Å². The minimum atomic E-state index is -0.505. The van der Waals surface area contributed by atoms with E-state index in [1.54, 1.807) is 18.2 Å². The summed E-state index contributed by atoms with van der Waals surface area (Å²) in [7, 11) is 1.92. The number of furan rings is 1. The highest BCUT2D eigenvalue weighted by Gasteiger charge is 2.13. The first kappa shape index (κ1) is 32.4. The molecule has 14 nitrogen and oxygen atoms in total. The number of aromatic nitrogens is 5. The number of anilines is 2. The second-order valence-corrected chi connectivity index (χ2v) is 11.4. The number of nitrogens with zero attached hydrogens (tertiary/aromatic N) is 6. The Bertz CT molecular complexity index is 2340. The van der Waals surface area contributed by atoms with Crippen molar-refractivity contribution in [1.29, 1.82) is 5.26 Å². The van der Waals surface area contributed by atoms with Crippen molar-refractivity contribution in [3.8, 4) is 23.3 Å². The summed E-state index contributed by atoms with van der Waals surface area (Å²) in [6.07, 6.45) is 2.61. The van der Waals surface area contributed by atoms with Crippen molar-refractivity contribution >= 4 is 51.6 Å². The van der Waals surface area contributed by atoms with E-state index in [1.807, 2.05) is 84.7 Å². The molecule has 0 radical (unpaired) electrons. The number of nitrogens with one attached hydrogen (secondary N) is 2. The van der Waals surface area contributed by atoms with E-state index in [2.05, 4.69) is 36.3 Å². The highest BCUT2D eigenvalue weighted by molar-refractivity contribution is 5.88. The fourth-order valence-electron chi connectivity index (χ4n) is 5.20. The number of amides is 1. The zero-order chi connectivity index (χ0) is 35.2. The molecule has 0 unspecified atom stereocenters. The standard InChI is InChI=1S/C37H31N9O5/c1-46(16-17-48-37(47)40-20-23-6-8-24(9-7-23)21-49-35-32-33(42-22-41-32)44-36(39)45-35)27-12-10-25(11-13-27)30-15-14-28(50-30)18-26(19-38)34-43-29-4-2-3-5-31(29)51-34/h2-15,18,22H,16-17,20-21H2,1H3,(H,40,47)(H3,39,41,42,44,45)/b26-18+.